The molecule has 0 spiro atoms. The molecule has 2 aliphatic heterocycles. The van der Waals surface area contributed by atoms with Gasteiger partial charge in [0.15, 0.2) is 0 Å². The number of imide groups is 1. The molecular formula is C31H32N4O4. The summed E-state index contributed by atoms with van der Waals surface area (Å²) < 4.78 is 5.19. The van der Waals surface area contributed by atoms with Crippen LogP contribution in [0.5, 0.6) is 0 Å². The average Bonchev–Trinajstić information content (AvgIpc) is 3.28. The minimum atomic E-state index is -0.705. The Labute approximate surface area is 228 Å². The maximum absolute atomic E-state index is 13.7. The Morgan fingerprint density at radius 3 is 2.26 bits per heavy atom. The summed E-state index contributed by atoms with van der Waals surface area (Å²) >= 11 is 0. The van der Waals surface area contributed by atoms with Gasteiger partial charge in [0.2, 0.25) is 0 Å². The Balaban J connectivity index is 1.49. The molecule has 0 radical (unpaired) electrons. The van der Waals surface area contributed by atoms with Crippen LogP contribution in [0.1, 0.15) is 37.3 Å². The number of nitrogens with zero attached hydrogens (tertiary/aromatic N) is 3. The van der Waals surface area contributed by atoms with Gasteiger partial charge in [-0.1, -0.05) is 48.5 Å². The Hall–Kier alpha value is -4.59. The molecule has 8 nitrogen and oxygen atoms in total. The Morgan fingerprint density at radius 1 is 0.897 bits per heavy atom. The number of hydrogen-bond acceptors (Lipinski definition) is 5. The fourth-order valence-electron chi connectivity index (χ4n) is 5.03. The molecule has 4 amide bonds. The highest BCUT2D eigenvalue weighted by molar-refractivity contribution is 6.43. The fraction of sp³-hybridized carbons (Fsp3) is 0.258. The largest absolute Gasteiger partial charge is 0.449 e. The zero-order valence-electron chi connectivity index (χ0n) is 22.2. The van der Waals surface area contributed by atoms with E-state index < -0.39 is 12.0 Å². The van der Waals surface area contributed by atoms with E-state index in [2.05, 4.69) is 5.32 Å². The summed E-state index contributed by atoms with van der Waals surface area (Å²) in [6.07, 6.45) is 2.53. The van der Waals surface area contributed by atoms with E-state index in [1.807, 2.05) is 71.6 Å². The van der Waals surface area contributed by atoms with Crippen LogP contribution in [0.3, 0.4) is 0 Å². The average molecular weight is 525 g/mol. The lowest BCUT2D eigenvalue weighted by Gasteiger charge is -2.31. The predicted octanol–water partition coefficient (Wildman–Crippen LogP) is 6.21. The Morgan fingerprint density at radius 2 is 1.56 bits per heavy atom. The molecule has 1 fully saturated rings. The number of anilines is 3. The quantitative estimate of drug-likeness (QED) is 0.401. The number of likely N-dealkylation sites (tertiary alicyclic amines) is 1. The third-order valence-electron chi connectivity index (χ3n) is 7.03. The number of nitrogens with one attached hydrogen (secondary N) is 1. The molecular weight excluding hydrogens is 492 g/mol. The van der Waals surface area contributed by atoms with Crippen molar-refractivity contribution in [1.29, 1.82) is 0 Å². The lowest BCUT2D eigenvalue weighted by Crippen LogP contribution is -2.43. The second kappa shape index (κ2) is 11.4. The standard InChI is InChI=1S/C31H32N4O4/c1-3-39-31(38)35-26-15-9-8-14-25(26)27(29(35)36)28(22-12-6-4-7-13-22)32-23-16-18-24(19-17-23)33(2)30(37)34-20-10-5-11-21-34/h4,6-9,12-19,32H,3,5,10-11,20-21H2,1-2H3/b28-27-. The number of rotatable bonds is 5. The predicted molar refractivity (Wildman–Crippen MR) is 153 cm³/mol. The molecule has 2 aliphatic rings. The Kier molecular flexibility index (Phi) is 7.63. The molecule has 1 saturated heterocycles. The summed E-state index contributed by atoms with van der Waals surface area (Å²) in [6.45, 7) is 3.44. The molecule has 3 aromatic rings. The van der Waals surface area contributed by atoms with Gasteiger partial charge >= 0.3 is 12.1 Å². The molecule has 0 atom stereocenters. The molecule has 39 heavy (non-hydrogen) atoms. The van der Waals surface area contributed by atoms with Gasteiger partial charge in [-0.15, -0.1) is 0 Å². The van der Waals surface area contributed by atoms with Crippen molar-refractivity contribution in [2.45, 2.75) is 26.2 Å². The van der Waals surface area contributed by atoms with Crippen molar-refractivity contribution >= 4 is 46.4 Å². The lowest BCUT2D eigenvalue weighted by molar-refractivity contribution is -0.112. The van der Waals surface area contributed by atoms with Crippen molar-refractivity contribution in [3.63, 3.8) is 0 Å². The monoisotopic (exact) mass is 524 g/mol. The number of para-hydroxylation sites is 1. The first-order valence-corrected chi connectivity index (χ1v) is 13.3. The minimum Gasteiger partial charge on any atom is -0.449 e. The maximum atomic E-state index is 13.7. The van der Waals surface area contributed by atoms with E-state index >= 15 is 0 Å². The van der Waals surface area contributed by atoms with E-state index in [0.29, 0.717) is 22.5 Å². The van der Waals surface area contributed by atoms with E-state index in [1.165, 1.54) is 0 Å². The number of carbonyl (C=O) groups is 3. The second-order valence-electron chi connectivity index (χ2n) is 9.53. The van der Waals surface area contributed by atoms with Crippen molar-refractivity contribution in [1.82, 2.24) is 4.90 Å². The summed E-state index contributed by atoms with van der Waals surface area (Å²) in [7, 11) is 1.79. The van der Waals surface area contributed by atoms with E-state index in [0.717, 1.165) is 54.2 Å². The highest BCUT2D eigenvalue weighted by atomic mass is 16.6. The van der Waals surface area contributed by atoms with Crippen molar-refractivity contribution in [3.05, 3.63) is 90.0 Å². The first-order chi connectivity index (χ1) is 19.0. The van der Waals surface area contributed by atoms with Gasteiger partial charge in [0.25, 0.3) is 5.91 Å². The first-order valence-electron chi connectivity index (χ1n) is 13.3. The summed E-state index contributed by atoms with van der Waals surface area (Å²) in [5.41, 5.74) is 4.40. The molecule has 0 aromatic heterocycles. The van der Waals surface area contributed by atoms with Crippen LogP contribution < -0.4 is 15.1 Å². The molecule has 5 rings (SSSR count). The summed E-state index contributed by atoms with van der Waals surface area (Å²) in [4.78, 5) is 44.1. The topological polar surface area (TPSA) is 82.2 Å². The number of hydrogen-bond donors (Lipinski definition) is 1. The summed E-state index contributed by atoms with van der Waals surface area (Å²) in [5.74, 6) is -0.454. The normalized spacial score (nSPS) is 16.0. The van der Waals surface area contributed by atoms with E-state index in [9.17, 15) is 14.4 Å². The van der Waals surface area contributed by atoms with Crippen LogP contribution in [0.2, 0.25) is 0 Å². The molecule has 0 saturated carbocycles. The number of amides is 4. The van der Waals surface area contributed by atoms with Gasteiger partial charge in [-0.05, 0) is 62.1 Å². The molecule has 8 heteroatoms. The zero-order valence-corrected chi connectivity index (χ0v) is 22.2. The van der Waals surface area contributed by atoms with E-state index in [4.69, 9.17) is 4.74 Å². The van der Waals surface area contributed by atoms with Crippen molar-refractivity contribution < 1.29 is 19.1 Å². The van der Waals surface area contributed by atoms with Gasteiger partial charge in [0.05, 0.1) is 23.6 Å². The molecule has 200 valence electrons. The van der Waals surface area contributed by atoms with Crippen molar-refractivity contribution in [2.24, 2.45) is 0 Å². The molecule has 0 aliphatic carbocycles. The van der Waals surface area contributed by atoms with Crippen LogP contribution in [0.25, 0.3) is 11.3 Å². The number of piperidine rings is 1. The minimum absolute atomic E-state index is 0.00489. The smallest absolute Gasteiger partial charge is 0.421 e. The maximum Gasteiger partial charge on any atom is 0.421 e. The van der Waals surface area contributed by atoms with Crippen LogP contribution >= 0.6 is 0 Å². The number of carbonyl (C=O) groups excluding carboxylic acids is 3. The van der Waals surface area contributed by atoms with Gasteiger partial charge in [0.1, 0.15) is 0 Å². The number of urea groups is 1. The number of fused-ring (bicyclic) bond motifs is 1. The number of ether oxygens (including phenoxy) is 1. The summed E-state index contributed by atoms with van der Waals surface area (Å²) in [6, 6.07) is 24.3. The van der Waals surface area contributed by atoms with Gasteiger partial charge in [-0.3, -0.25) is 9.69 Å². The van der Waals surface area contributed by atoms with Crippen molar-refractivity contribution in [2.75, 3.05) is 41.9 Å². The lowest BCUT2D eigenvalue weighted by atomic mass is 10.00. The van der Waals surface area contributed by atoms with Gasteiger partial charge in [0, 0.05) is 37.1 Å². The van der Waals surface area contributed by atoms with E-state index in [-0.39, 0.29) is 12.6 Å². The molecule has 2 heterocycles. The SMILES string of the molecule is CCOC(=O)N1C(=O)/C(=C(\Nc2ccc(N(C)C(=O)N3CCCCC3)cc2)c2ccccc2)c2ccccc21. The third-order valence-corrected chi connectivity index (χ3v) is 7.03. The van der Waals surface area contributed by atoms with Crippen LogP contribution in [0.4, 0.5) is 26.7 Å². The van der Waals surface area contributed by atoms with Gasteiger partial charge in [-0.2, -0.15) is 0 Å². The fourth-order valence-corrected chi connectivity index (χ4v) is 5.03. The number of benzene rings is 3. The van der Waals surface area contributed by atoms with Crippen LogP contribution in [-0.2, 0) is 9.53 Å². The molecule has 0 unspecified atom stereocenters. The first kappa shape index (κ1) is 26.0. The van der Waals surface area contributed by atoms with Crippen LogP contribution in [0, 0.1) is 0 Å². The van der Waals surface area contributed by atoms with E-state index in [1.54, 1.807) is 31.0 Å². The Bertz CT molecular complexity index is 1400. The second-order valence-corrected chi connectivity index (χ2v) is 9.53. The highest BCUT2D eigenvalue weighted by Crippen LogP contribution is 2.41. The summed E-state index contributed by atoms with van der Waals surface area (Å²) in [5, 5.41) is 3.42. The van der Waals surface area contributed by atoms with Gasteiger partial charge in [-0.25, -0.2) is 14.5 Å². The zero-order chi connectivity index (χ0) is 27.4. The highest BCUT2D eigenvalue weighted by Gasteiger charge is 2.39. The molecule has 0 bridgehead atoms. The molecule has 3 aromatic carbocycles. The van der Waals surface area contributed by atoms with Gasteiger partial charge < -0.3 is 15.0 Å². The van der Waals surface area contributed by atoms with Crippen molar-refractivity contribution in [3.8, 4) is 0 Å². The van der Waals surface area contributed by atoms with Crippen LogP contribution in [0.15, 0.2) is 78.9 Å². The molecule has 1 N–H and O–H groups in total. The third kappa shape index (κ3) is 5.23. The van der Waals surface area contributed by atoms with Crippen LogP contribution in [-0.4, -0.2) is 49.7 Å².